The molecule has 0 aliphatic carbocycles. The van der Waals surface area contributed by atoms with Crippen molar-refractivity contribution in [3.8, 4) is 0 Å². The highest BCUT2D eigenvalue weighted by atomic mass is 32.2. The van der Waals surface area contributed by atoms with E-state index in [0.717, 1.165) is 11.8 Å². The van der Waals surface area contributed by atoms with Crippen LogP contribution in [0.1, 0.15) is 35.3 Å². The van der Waals surface area contributed by atoms with Crippen molar-refractivity contribution in [3.63, 3.8) is 0 Å². The van der Waals surface area contributed by atoms with Gasteiger partial charge in [-0.05, 0) is 43.7 Å². The van der Waals surface area contributed by atoms with E-state index in [9.17, 15) is 64.7 Å². The number of carboxylic acids is 1. The smallest absolute Gasteiger partial charge is 0.471 e. The van der Waals surface area contributed by atoms with Crippen LogP contribution in [0.25, 0.3) is 0 Å². The minimum Gasteiger partial charge on any atom is -0.542 e. The Labute approximate surface area is 375 Å². The molecule has 0 radical (unpaired) electrons. The molecule has 7 N–H and O–H groups in total. The molecule has 0 saturated carbocycles. The Morgan fingerprint density at radius 3 is 1.71 bits per heavy atom. The second-order valence-electron chi connectivity index (χ2n) is 13.5. The number of alkyl halides is 6. The number of hydrogen-bond acceptors (Lipinski definition) is 11. The lowest BCUT2D eigenvalue weighted by atomic mass is 10.0. The summed E-state index contributed by atoms with van der Waals surface area (Å²) in [7, 11) is -0.402. The first-order valence-corrected chi connectivity index (χ1v) is 21.1. The monoisotopic (exact) mass is 957 g/mol. The lowest BCUT2D eigenvalue weighted by Gasteiger charge is -2.22. The van der Waals surface area contributed by atoms with E-state index in [1.54, 1.807) is 48.6 Å². The van der Waals surface area contributed by atoms with Gasteiger partial charge in [-0.15, -0.1) is 0 Å². The number of nitrogens with one attached hydrogen (secondary N) is 7. The van der Waals surface area contributed by atoms with Gasteiger partial charge in [-0.1, -0.05) is 54.6 Å². The van der Waals surface area contributed by atoms with Crippen LogP contribution in [0, 0.1) is 0 Å². The second-order valence-corrected chi connectivity index (χ2v) is 15.5. The standard InChI is InChI=1S/C39H44F3N7O9S.C2HF3O2/c1-4-58-34(53)22-45-32(51)20-43-31(50)19-44-33(52)21-46-36(55)29-18-27(16-15-26(29)23-59(3)28-13-9-6-10-14-28)48-37(56)30(17-25-11-7-5-8-12-25)49-35(54)24(2)47-38(57)39(40,41)42;3-2(4,5)1(6)7/h5-16,18,24,30H,4,17,19-23H2,1-3H3,(H6-,43,44,45,46,47,48,49,50,51,52,54,55,56,57);(H,6,7)/t24-,30-,59?;/m0./s1. The minimum atomic E-state index is -5.24. The van der Waals surface area contributed by atoms with Crippen molar-refractivity contribution in [1.29, 1.82) is 0 Å². The van der Waals surface area contributed by atoms with Crippen LogP contribution in [-0.2, 0) is 66.2 Å². The Hall–Kier alpha value is -7.18. The van der Waals surface area contributed by atoms with Crippen molar-refractivity contribution in [2.24, 2.45) is 0 Å². The summed E-state index contributed by atoms with van der Waals surface area (Å²) in [5, 5.41) is 24.7. The van der Waals surface area contributed by atoms with Gasteiger partial charge in [-0.25, -0.2) is 0 Å². The van der Waals surface area contributed by atoms with Gasteiger partial charge in [0, 0.05) is 34.1 Å². The molecule has 18 nitrogen and oxygen atoms in total. The quantitative estimate of drug-likeness (QED) is 0.0456. The maximum Gasteiger partial charge on any atom is 0.471 e. The summed E-state index contributed by atoms with van der Waals surface area (Å²) < 4.78 is 74.7. The van der Waals surface area contributed by atoms with Crippen LogP contribution >= 0.6 is 0 Å². The SMILES string of the molecule is CCOC(=O)CNC(=O)CNC(=O)CNC(=O)CNC(=O)c1cc(NC(=O)[C@H](Cc2ccccc2)NC(=O)[C@H](C)NC(=O)C(F)(F)F)ccc1C[S+](C)c1ccccc1.O=C([O-])C(F)(F)F. The number of carbonyl (C=O) groups is 9. The van der Waals surface area contributed by atoms with Crippen molar-refractivity contribution in [1.82, 2.24) is 31.9 Å². The molecule has 0 saturated heterocycles. The number of anilines is 1. The van der Waals surface area contributed by atoms with Gasteiger partial charge in [0.2, 0.25) is 29.5 Å². The number of carbonyl (C=O) groups excluding carboxylic acids is 9. The molecule has 3 rings (SSSR count). The molecule has 0 fully saturated rings. The highest BCUT2D eigenvalue weighted by molar-refractivity contribution is 7.95. The zero-order valence-corrected chi connectivity index (χ0v) is 36.1. The zero-order chi connectivity index (χ0) is 49.6. The number of amides is 7. The molecular formula is C41H45F6N7O11S. The molecule has 3 aromatic carbocycles. The number of rotatable bonds is 20. The molecule has 66 heavy (non-hydrogen) atoms. The first-order valence-electron chi connectivity index (χ1n) is 19.3. The fraction of sp³-hybridized carbons (Fsp3) is 0.341. The Balaban J connectivity index is 0.00000197. The lowest BCUT2D eigenvalue weighted by Crippen LogP contribution is -2.54. The molecule has 1 unspecified atom stereocenters. The highest BCUT2D eigenvalue weighted by Gasteiger charge is 2.40. The topological polar surface area (TPSA) is 270 Å². The van der Waals surface area contributed by atoms with Crippen molar-refractivity contribution in [3.05, 3.63) is 95.6 Å². The summed E-state index contributed by atoms with van der Waals surface area (Å²) in [6.07, 6.45) is -8.54. The van der Waals surface area contributed by atoms with Crippen molar-refractivity contribution in [2.45, 2.75) is 55.4 Å². The van der Waals surface area contributed by atoms with Gasteiger partial charge in [0.25, 0.3) is 5.91 Å². The fourth-order valence-electron chi connectivity index (χ4n) is 5.07. The van der Waals surface area contributed by atoms with Crippen LogP contribution in [0.2, 0.25) is 0 Å². The number of esters is 1. The molecule has 0 aliphatic heterocycles. The summed E-state index contributed by atoms with van der Waals surface area (Å²) >= 11 is 0. The zero-order valence-electron chi connectivity index (χ0n) is 35.3. The summed E-state index contributed by atoms with van der Waals surface area (Å²) in [5.41, 5.74) is 1.35. The van der Waals surface area contributed by atoms with Crippen LogP contribution < -0.4 is 42.3 Å². The number of benzene rings is 3. The Morgan fingerprint density at radius 2 is 1.20 bits per heavy atom. The second kappa shape index (κ2) is 26.6. The van der Waals surface area contributed by atoms with Crippen LogP contribution in [0.4, 0.5) is 32.0 Å². The van der Waals surface area contributed by atoms with E-state index in [1.165, 1.54) is 12.1 Å². The van der Waals surface area contributed by atoms with Crippen molar-refractivity contribution >= 4 is 69.9 Å². The molecule has 3 aromatic rings. The molecule has 0 heterocycles. The van der Waals surface area contributed by atoms with Crippen LogP contribution in [0.15, 0.2) is 83.8 Å². The number of carboxylic acid groups (broad SMARTS) is 1. The number of aliphatic carboxylic acids is 1. The molecule has 25 heteroatoms. The van der Waals surface area contributed by atoms with Crippen LogP contribution in [0.5, 0.6) is 0 Å². The molecule has 358 valence electrons. The van der Waals surface area contributed by atoms with Crippen LogP contribution in [0.3, 0.4) is 0 Å². The highest BCUT2D eigenvalue weighted by Crippen LogP contribution is 2.23. The maximum absolute atomic E-state index is 13.7. The average molecular weight is 958 g/mol. The van der Waals surface area contributed by atoms with E-state index < -0.39 is 108 Å². The van der Waals surface area contributed by atoms with E-state index >= 15 is 0 Å². The van der Waals surface area contributed by atoms with Gasteiger partial charge in [0.05, 0.1) is 26.2 Å². The van der Waals surface area contributed by atoms with Gasteiger partial charge in [0.1, 0.15) is 36.6 Å². The van der Waals surface area contributed by atoms with E-state index in [-0.39, 0.29) is 30.8 Å². The summed E-state index contributed by atoms with van der Waals surface area (Å²) in [5.74, 6) is -10.3. The average Bonchev–Trinajstić information content (AvgIpc) is 3.26. The van der Waals surface area contributed by atoms with Crippen molar-refractivity contribution < 1.29 is 79.3 Å². The van der Waals surface area contributed by atoms with Gasteiger partial charge >= 0.3 is 24.2 Å². The number of ether oxygens (including phenoxy) is 1. The molecule has 0 bridgehead atoms. The third-order valence-corrected chi connectivity index (χ3v) is 10.1. The first kappa shape index (κ1) is 55.0. The predicted octanol–water partition coefficient (Wildman–Crippen LogP) is 0.167. The lowest BCUT2D eigenvalue weighted by molar-refractivity contribution is -0.344. The molecule has 3 atom stereocenters. The van der Waals surface area contributed by atoms with E-state index in [4.69, 9.17) is 14.6 Å². The molecule has 0 aromatic heterocycles. The van der Waals surface area contributed by atoms with E-state index in [1.807, 2.05) is 36.6 Å². The predicted molar refractivity (Wildman–Crippen MR) is 222 cm³/mol. The molecule has 0 aliphatic rings. The minimum absolute atomic E-state index is 0.0876. The normalized spacial score (nSPS) is 12.3. The number of halogens is 6. The number of hydrogen-bond donors (Lipinski definition) is 7. The first-order chi connectivity index (χ1) is 30.9. The van der Waals surface area contributed by atoms with Gasteiger partial charge < -0.3 is 51.9 Å². The van der Waals surface area contributed by atoms with Crippen LogP contribution in [-0.4, -0.2) is 117 Å². The van der Waals surface area contributed by atoms with Crippen molar-refractivity contribution in [2.75, 3.05) is 44.4 Å². The van der Waals surface area contributed by atoms with Gasteiger partial charge in [-0.2, -0.15) is 26.3 Å². The van der Waals surface area contributed by atoms with Gasteiger partial charge in [0.15, 0.2) is 4.90 Å². The molecule has 0 spiro atoms. The Kier molecular flexibility index (Phi) is 22.1. The van der Waals surface area contributed by atoms with E-state index in [2.05, 4.69) is 31.9 Å². The third-order valence-electron chi connectivity index (χ3n) is 8.32. The summed E-state index contributed by atoms with van der Waals surface area (Å²) in [4.78, 5) is 109. The van der Waals surface area contributed by atoms with E-state index in [0.29, 0.717) is 16.9 Å². The third kappa shape index (κ3) is 20.5. The molecular weight excluding hydrogens is 913 g/mol. The summed E-state index contributed by atoms with van der Waals surface area (Å²) in [6.45, 7) is 0.825. The maximum atomic E-state index is 13.7. The Bertz CT molecular complexity index is 2180. The largest absolute Gasteiger partial charge is 0.542 e. The summed E-state index contributed by atoms with van der Waals surface area (Å²) in [6, 6.07) is 19.4. The van der Waals surface area contributed by atoms with Gasteiger partial charge in [-0.3, -0.25) is 38.4 Å². The Morgan fingerprint density at radius 1 is 0.682 bits per heavy atom. The molecule has 7 amide bonds. The fourth-order valence-corrected chi connectivity index (χ4v) is 6.58.